The molecule has 0 aliphatic rings. The van der Waals surface area contributed by atoms with Crippen molar-refractivity contribution in [1.29, 1.82) is 0 Å². The molecule has 1 aromatic carbocycles. The van der Waals surface area contributed by atoms with Crippen LogP contribution in [0.2, 0.25) is 0 Å². The summed E-state index contributed by atoms with van der Waals surface area (Å²) in [5.74, 6) is 0. The van der Waals surface area contributed by atoms with Crippen molar-refractivity contribution in [2.45, 2.75) is 26.1 Å². The number of aromatic nitrogens is 2. The first-order valence-corrected chi connectivity index (χ1v) is 6.07. The van der Waals surface area contributed by atoms with E-state index >= 15 is 0 Å². The SMILES string of the molecule is Cc1nn(C)c(C)c1C(O)c1ccccc1C(F)(F)F. The second-order valence-electron chi connectivity index (χ2n) is 4.70. The van der Waals surface area contributed by atoms with Gasteiger partial charge >= 0.3 is 6.18 Å². The molecule has 0 saturated carbocycles. The van der Waals surface area contributed by atoms with Crippen LogP contribution >= 0.6 is 0 Å². The molecular weight excluding hydrogens is 269 g/mol. The predicted molar refractivity (Wildman–Crippen MR) is 68.2 cm³/mol. The summed E-state index contributed by atoms with van der Waals surface area (Å²) in [7, 11) is 1.69. The summed E-state index contributed by atoms with van der Waals surface area (Å²) in [5, 5.41) is 14.5. The van der Waals surface area contributed by atoms with E-state index in [-0.39, 0.29) is 5.56 Å². The molecule has 1 aromatic heterocycles. The van der Waals surface area contributed by atoms with Crippen LogP contribution in [0.1, 0.15) is 34.2 Å². The largest absolute Gasteiger partial charge is 0.416 e. The number of nitrogens with zero attached hydrogens (tertiary/aromatic N) is 2. The molecule has 1 N–H and O–H groups in total. The Morgan fingerprint density at radius 3 is 2.30 bits per heavy atom. The minimum Gasteiger partial charge on any atom is -0.384 e. The minimum absolute atomic E-state index is 0.154. The highest BCUT2D eigenvalue weighted by atomic mass is 19.4. The third-order valence-corrected chi connectivity index (χ3v) is 3.40. The molecule has 108 valence electrons. The fraction of sp³-hybridized carbons (Fsp3) is 0.357. The smallest absolute Gasteiger partial charge is 0.384 e. The van der Waals surface area contributed by atoms with Gasteiger partial charge in [-0.25, -0.2) is 0 Å². The topological polar surface area (TPSA) is 38.0 Å². The number of aryl methyl sites for hydroxylation is 2. The Balaban J connectivity index is 2.57. The fourth-order valence-electron chi connectivity index (χ4n) is 2.33. The van der Waals surface area contributed by atoms with E-state index in [1.807, 2.05) is 0 Å². The standard InChI is InChI=1S/C14H15F3N2O/c1-8-12(9(2)19(3)18-8)13(20)10-6-4-5-7-11(10)14(15,16)17/h4-7,13,20H,1-3H3. The third kappa shape index (κ3) is 2.43. The van der Waals surface area contributed by atoms with Gasteiger partial charge in [0.2, 0.25) is 0 Å². The summed E-state index contributed by atoms with van der Waals surface area (Å²) < 4.78 is 40.5. The van der Waals surface area contributed by atoms with Crippen LogP contribution in [-0.2, 0) is 13.2 Å². The van der Waals surface area contributed by atoms with Gasteiger partial charge in [0, 0.05) is 18.3 Å². The molecule has 2 aromatic rings. The molecule has 0 spiro atoms. The van der Waals surface area contributed by atoms with Crippen LogP contribution in [0, 0.1) is 13.8 Å². The lowest BCUT2D eigenvalue weighted by Gasteiger charge is -2.18. The van der Waals surface area contributed by atoms with Crippen molar-refractivity contribution >= 4 is 0 Å². The molecule has 0 aliphatic carbocycles. The van der Waals surface area contributed by atoms with Crippen molar-refractivity contribution in [3.05, 3.63) is 52.3 Å². The quantitative estimate of drug-likeness (QED) is 0.920. The Morgan fingerprint density at radius 2 is 1.80 bits per heavy atom. The maximum atomic E-state index is 13.0. The van der Waals surface area contributed by atoms with E-state index in [0.29, 0.717) is 17.0 Å². The normalized spacial score (nSPS) is 13.6. The van der Waals surface area contributed by atoms with E-state index in [0.717, 1.165) is 6.07 Å². The highest BCUT2D eigenvalue weighted by Crippen LogP contribution is 2.37. The van der Waals surface area contributed by atoms with Gasteiger partial charge in [0.15, 0.2) is 0 Å². The zero-order valence-electron chi connectivity index (χ0n) is 11.4. The van der Waals surface area contributed by atoms with E-state index in [4.69, 9.17) is 0 Å². The second-order valence-corrected chi connectivity index (χ2v) is 4.70. The molecule has 0 radical (unpaired) electrons. The van der Waals surface area contributed by atoms with Crippen LogP contribution in [0.5, 0.6) is 0 Å². The van der Waals surface area contributed by atoms with E-state index in [1.54, 1.807) is 25.6 Å². The summed E-state index contributed by atoms with van der Waals surface area (Å²) in [5.41, 5.74) is 0.611. The van der Waals surface area contributed by atoms with Gasteiger partial charge in [0.1, 0.15) is 6.10 Å². The Bertz CT molecular complexity index is 632. The molecule has 2 rings (SSSR count). The van der Waals surface area contributed by atoms with Gasteiger partial charge in [-0.3, -0.25) is 4.68 Å². The average molecular weight is 284 g/mol. The average Bonchev–Trinajstić information content (AvgIpc) is 2.61. The molecule has 0 fully saturated rings. The van der Waals surface area contributed by atoms with E-state index in [1.165, 1.54) is 18.2 Å². The van der Waals surface area contributed by atoms with Crippen LogP contribution in [0.15, 0.2) is 24.3 Å². The van der Waals surface area contributed by atoms with E-state index < -0.39 is 17.8 Å². The Hall–Kier alpha value is -1.82. The van der Waals surface area contributed by atoms with Gasteiger partial charge in [-0.15, -0.1) is 0 Å². The molecule has 6 heteroatoms. The highest BCUT2D eigenvalue weighted by molar-refractivity contribution is 5.40. The van der Waals surface area contributed by atoms with Crippen molar-refractivity contribution in [2.75, 3.05) is 0 Å². The first kappa shape index (κ1) is 14.6. The first-order valence-electron chi connectivity index (χ1n) is 6.07. The lowest BCUT2D eigenvalue weighted by atomic mass is 9.95. The van der Waals surface area contributed by atoms with Crippen molar-refractivity contribution in [3.63, 3.8) is 0 Å². The van der Waals surface area contributed by atoms with E-state index in [9.17, 15) is 18.3 Å². The molecular formula is C14H15F3N2O. The zero-order chi connectivity index (χ0) is 15.1. The summed E-state index contributed by atoms with van der Waals surface area (Å²) in [6.45, 7) is 3.39. The minimum atomic E-state index is -4.50. The Kier molecular flexibility index (Phi) is 3.60. The molecule has 1 unspecified atom stereocenters. The number of alkyl halides is 3. The molecule has 0 bridgehead atoms. The monoisotopic (exact) mass is 284 g/mol. The number of halogens is 3. The molecule has 1 atom stereocenters. The summed E-state index contributed by atoms with van der Waals surface area (Å²) >= 11 is 0. The number of aliphatic hydroxyl groups is 1. The summed E-state index contributed by atoms with van der Waals surface area (Å²) in [6.07, 6.45) is -5.84. The lowest BCUT2D eigenvalue weighted by molar-refractivity contribution is -0.139. The zero-order valence-corrected chi connectivity index (χ0v) is 11.4. The fourth-order valence-corrected chi connectivity index (χ4v) is 2.33. The van der Waals surface area contributed by atoms with Gasteiger partial charge in [-0.05, 0) is 25.5 Å². The highest BCUT2D eigenvalue weighted by Gasteiger charge is 2.35. The maximum Gasteiger partial charge on any atom is 0.416 e. The first-order chi connectivity index (χ1) is 9.23. The number of aliphatic hydroxyl groups excluding tert-OH is 1. The van der Waals surface area contributed by atoms with E-state index in [2.05, 4.69) is 5.10 Å². The number of hydrogen-bond donors (Lipinski definition) is 1. The third-order valence-electron chi connectivity index (χ3n) is 3.40. The molecule has 20 heavy (non-hydrogen) atoms. The molecule has 0 amide bonds. The van der Waals surface area contributed by atoms with Gasteiger partial charge in [-0.2, -0.15) is 18.3 Å². The lowest BCUT2D eigenvalue weighted by Crippen LogP contribution is -2.13. The Labute approximate surface area is 114 Å². The summed E-state index contributed by atoms with van der Waals surface area (Å²) in [4.78, 5) is 0. The molecule has 0 saturated heterocycles. The summed E-state index contributed by atoms with van der Waals surface area (Å²) in [6, 6.07) is 5.05. The number of benzene rings is 1. The van der Waals surface area contributed by atoms with Crippen LogP contribution in [0.3, 0.4) is 0 Å². The maximum absolute atomic E-state index is 13.0. The van der Waals surface area contributed by atoms with Gasteiger partial charge < -0.3 is 5.11 Å². The van der Waals surface area contributed by atoms with Crippen molar-refractivity contribution < 1.29 is 18.3 Å². The van der Waals surface area contributed by atoms with Crippen LogP contribution < -0.4 is 0 Å². The molecule has 0 aliphatic heterocycles. The molecule has 1 heterocycles. The second kappa shape index (κ2) is 4.94. The van der Waals surface area contributed by atoms with Crippen molar-refractivity contribution in [2.24, 2.45) is 7.05 Å². The van der Waals surface area contributed by atoms with Crippen molar-refractivity contribution in [1.82, 2.24) is 9.78 Å². The van der Waals surface area contributed by atoms with Crippen molar-refractivity contribution in [3.8, 4) is 0 Å². The van der Waals surface area contributed by atoms with Gasteiger partial charge in [-0.1, -0.05) is 18.2 Å². The number of rotatable bonds is 2. The van der Waals surface area contributed by atoms with Crippen LogP contribution in [-0.4, -0.2) is 14.9 Å². The molecule has 3 nitrogen and oxygen atoms in total. The Morgan fingerprint density at radius 1 is 1.20 bits per heavy atom. The van der Waals surface area contributed by atoms with Gasteiger partial charge in [0.25, 0.3) is 0 Å². The van der Waals surface area contributed by atoms with Crippen LogP contribution in [0.4, 0.5) is 13.2 Å². The van der Waals surface area contributed by atoms with Gasteiger partial charge in [0.05, 0.1) is 11.3 Å². The number of hydrogen-bond acceptors (Lipinski definition) is 2. The van der Waals surface area contributed by atoms with Crippen LogP contribution in [0.25, 0.3) is 0 Å². The predicted octanol–water partition coefficient (Wildman–Crippen LogP) is 3.14.